The number of piperidine rings is 1. The van der Waals surface area contributed by atoms with Crippen molar-refractivity contribution in [3.05, 3.63) is 42.1 Å². The minimum absolute atomic E-state index is 0.0661. The number of ether oxygens (including phenoxy) is 1. The second-order valence-corrected chi connectivity index (χ2v) is 17.5. The van der Waals surface area contributed by atoms with E-state index in [1.807, 2.05) is 27.7 Å². The molecule has 268 valence electrons. The molecule has 5 aliphatic heterocycles. The first-order valence-electron chi connectivity index (χ1n) is 18.0. The van der Waals surface area contributed by atoms with E-state index in [1.165, 1.54) is 24.5 Å². The minimum atomic E-state index is -3.38. The molecule has 5 aliphatic rings. The Labute approximate surface area is 290 Å². The third-order valence-corrected chi connectivity index (χ3v) is 13.4. The minimum Gasteiger partial charge on any atom is -0.451 e. The molecule has 1 N–H and O–H groups in total. The van der Waals surface area contributed by atoms with Crippen molar-refractivity contribution in [3.63, 3.8) is 0 Å². The maximum absolute atomic E-state index is 14.4. The molecule has 6 heterocycles. The Balaban J connectivity index is 0.933. The van der Waals surface area contributed by atoms with E-state index < -0.39 is 16.0 Å². The van der Waals surface area contributed by atoms with Crippen LogP contribution < -0.4 is 15.0 Å². The topological polar surface area (TPSA) is 114 Å². The molecule has 1 aromatic heterocycles. The summed E-state index contributed by atoms with van der Waals surface area (Å²) in [5, 5.41) is 3.39. The van der Waals surface area contributed by atoms with Gasteiger partial charge in [0, 0.05) is 71.0 Å². The molecule has 3 atom stereocenters. The Bertz CT molecular complexity index is 1610. The number of aromatic nitrogens is 2. The van der Waals surface area contributed by atoms with Crippen LogP contribution in [0.25, 0.3) is 0 Å². The number of likely N-dealkylation sites (tertiary alicyclic amines) is 1. The summed E-state index contributed by atoms with van der Waals surface area (Å²) < 4.78 is 51.0. The molecule has 12 nitrogen and oxygen atoms in total. The maximum atomic E-state index is 14.4. The fraction of sp³-hybridized carbons (Fsp3) is 0.686. The van der Waals surface area contributed by atoms with Gasteiger partial charge >= 0.3 is 0 Å². The highest BCUT2D eigenvalue weighted by Crippen LogP contribution is 2.43. The van der Waals surface area contributed by atoms with Crippen LogP contribution in [0.2, 0.25) is 0 Å². The largest absolute Gasteiger partial charge is 0.451 e. The van der Waals surface area contributed by atoms with Crippen LogP contribution in [-0.4, -0.2) is 127 Å². The number of amides is 1. The summed E-state index contributed by atoms with van der Waals surface area (Å²) in [5.74, 6) is 1.95. The molecule has 14 heteroatoms. The van der Waals surface area contributed by atoms with Crippen molar-refractivity contribution in [2.75, 3.05) is 76.9 Å². The van der Waals surface area contributed by atoms with Gasteiger partial charge in [0.15, 0.2) is 11.6 Å². The SMILES string of the molecule is CC(C)N(C(=O)c1cc(F)ccc1Oc1cncnc1N1CC[C@@H](CN2CC3(CCN(S(=O)(=O)N4CC5CNCC5C4)CC3)C2)C1)C(C)C. The Morgan fingerprint density at radius 3 is 2.39 bits per heavy atom. The predicted molar refractivity (Wildman–Crippen MR) is 185 cm³/mol. The first kappa shape index (κ1) is 34.5. The van der Waals surface area contributed by atoms with Gasteiger partial charge in [0.2, 0.25) is 0 Å². The van der Waals surface area contributed by atoms with Gasteiger partial charge in [0.1, 0.15) is 17.9 Å². The summed E-state index contributed by atoms with van der Waals surface area (Å²) >= 11 is 0. The van der Waals surface area contributed by atoms with Gasteiger partial charge in [-0.25, -0.2) is 14.4 Å². The van der Waals surface area contributed by atoms with Gasteiger partial charge in [-0.15, -0.1) is 0 Å². The van der Waals surface area contributed by atoms with Crippen LogP contribution in [0.4, 0.5) is 10.2 Å². The van der Waals surface area contributed by atoms with Crippen LogP contribution in [0.3, 0.4) is 0 Å². The Kier molecular flexibility index (Phi) is 9.63. The van der Waals surface area contributed by atoms with E-state index in [9.17, 15) is 17.6 Å². The van der Waals surface area contributed by atoms with Gasteiger partial charge in [-0.3, -0.25) is 4.79 Å². The third-order valence-electron chi connectivity index (χ3n) is 11.4. The molecule has 5 saturated heterocycles. The molecule has 1 aromatic carbocycles. The van der Waals surface area contributed by atoms with Gasteiger partial charge in [-0.05, 0) is 101 Å². The summed E-state index contributed by atoms with van der Waals surface area (Å²) in [5.41, 5.74) is 0.386. The monoisotopic (exact) mass is 698 g/mol. The second-order valence-electron chi connectivity index (χ2n) is 15.5. The van der Waals surface area contributed by atoms with E-state index in [1.54, 1.807) is 19.7 Å². The molecule has 0 bridgehead atoms. The smallest absolute Gasteiger partial charge is 0.281 e. The maximum Gasteiger partial charge on any atom is 0.281 e. The van der Waals surface area contributed by atoms with E-state index in [2.05, 4.69) is 25.1 Å². The van der Waals surface area contributed by atoms with E-state index in [4.69, 9.17) is 4.74 Å². The van der Waals surface area contributed by atoms with E-state index in [0.717, 1.165) is 65.1 Å². The molecular weight excluding hydrogens is 648 g/mol. The van der Waals surface area contributed by atoms with Crippen molar-refractivity contribution in [2.24, 2.45) is 23.2 Å². The first-order chi connectivity index (χ1) is 23.4. The first-order valence-corrected chi connectivity index (χ1v) is 19.4. The number of halogens is 1. The molecule has 0 saturated carbocycles. The molecule has 7 rings (SSSR count). The fourth-order valence-electron chi connectivity index (χ4n) is 8.94. The molecule has 0 radical (unpaired) electrons. The average Bonchev–Trinajstić information content (AvgIpc) is 3.79. The number of rotatable bonds is 10. The van der Waals surface area contributed by atoms with Crippen LogP contribution in [0.5, 0.6) is 11.5 Å². The van der Waals surface area contributed by atoms with Gasteiger partial charge in [0.05, 0.1) is 11.8 Å². The molecule has 2 aromatic rings. The highest BCUT2D eigenvalue weighted by atomic mass is 32.2. The van der Waals surface area contributed by atoms with Crippen molar-refractivity contribution in [3.8, 4) is 11.5 Å². The lowest BCUT2D eigenvalue weighted by molar-refractivity contribution is -0.0412. The second kappa shape index (κ2) is 13.7. The van der Waals surface area contributed by atoms with E-state index in [-0.39, 0.29) is 34.7 Å². The van der Waals surface area contributed by atoms with Crippen LogP contribution in [0, 0.1) is 29.0 Å². The highest BCUT2D eigenvalue weighted by molar-refractivity contribution is 7.86. The molecule has 1 amide bonds. The number of benzene rings is 1. The fourth-order valence-corrected chi connectivity index (χ4v) is 10.7. The van der Waals surface area contributed by atoms with Gasteiger partial charge in [0.25, 0.3) is 16.1 Å². The van der Waals surface area contributed by atoms with Gasteiger partial charge < -0.3 is 24.8 Å². The number of anilines is 1. The zero-order chi connectivity index (χ0) is 34.5. The Morgan fingerprint density at radius 2 is 1.71 bits per heavy atom. The van der Waals surface area contributed by atoms with Crippen molar-refractivity contribution >= 4 is 21.9 Å². The zero-order valence-electron chi connectivity index (χ0n) is 29.2. The van der Waals surface area contributed by atoms with Crippen molar-refractivity contribution in [2.45, 2.75) is 59.0 Å². The molecular formula is C35H51FN8O4S. The molecule has 5 fully saturated rings. The predicted octanol–water partition coefficient (Wildman–Crippen LogP) is 3.29. The van der Waals surface area contributed by atoms with Gasteiger partial charge in [-0.1, -0.05) is 0 Å². The number of nitrogens with one attached hydrogen (secondary N) is 1. The lowest BCUT2D eigenvalue weighted by Gasteiger charge is -2.54. The van der Waals surface area contributed by atoms with Crippen LogP contribution in [-0.2, 0) is 10.2 Å². The van der Waals surface area contributed by atoms with Crippen LogP contribution in [0.15, 0.2) is 30.7 Å². The lowest BCUT2D eigenvalue weighted by atomic mass is 9.72. The third kappa shape index (κ3) is 6.91. The lowest BCUT2D eigenvalue weighted by Crippen LogP contribution is -2.62. The average molecular weight is 699 g/mol. The molecule has 49 heavy (non-hydrogen) atoms. The Morgan fingerprint density at radius 1 is 1.02 bits per heavy atom. The normalized spacial score (nSPS) is 26.1. The number of nitrogens with zero attached hydrogens (tertiary/aromatic N) is 7. The number of carbonyl (C=O) groups excluding carboxylic acids is 1. The summed E-state index contributed by atoms with van der Waals surface area (Å²) in [6, 6.07) is 3.91. The number of fused-ring (bicyclic) bond motifs is 1. The molecule has 1 spiro atoms. The highest BCUT2D eigenvalue weighted by Gasteiger charge is 2.49. The van der Waals surface area contributed by atoms with E-state index >= 15 is 0 Å². The standard InChI is InChI=1S/C35H51FN8O4S/c1-24(2)44(25(3)4)34(45)30-13-29(36)5-6-31(30)48-32-16-38-23-39-33(32)41-10-7-26(18-41)17-40-21-35(22-40)8-11-42(12-9-35)49(46,47)43-19-27-14-37-15-28(27)20-43/h5-6,13,16,23-28,37H,7-12,14-15,17-22H2,1-4H3/t26-,27?,28?/m0/s1. The number of hydrogen-bond acceptors (Lipinski definition) is 9. The van der Waals surface area contributed by atoms with Crippen molar-refractivity contribution in [1.29, 1.82) is 0 Å². The summed E-state index contributed by atoms with van der Waals surface area (Å²) in [4.78, 5) is 28.8. The van der Waals surface area contributed by atoms with Crippen LogP contribution >= 0.6 is 0 Å². The van der Waals surface area contributed by atoms with E-state index in [0.29, 0.717) is 55.5 Å². The Hall–Kier alpha value is -2.91. The molecule has 2 unspecified atom stereocenters. The summed E-state index contributed by atoms with van der Waals surface area (Å²) in [6.07, 6.45) is 5.97. The van der Waals surface area contributed by atoms with Crippen molar-refractivity contribution < 1.29 is 22.3 Å². The zero-order valence-corrected chi connectivity index (χ0v) is 30.0. The quantitative estimate of drug-likeness (QED) is 0.400. The number of carbonyl (C=O) groups is 1. The molecule has 0 aliphatic carbocycles. The van der Waals surface area contributed by atoms with Gasteiger partial charge in [-0.2, -0.15) is 17.0 Å². The summed E-state index contributed by atoms with van der Waals surface area (Å²) in [7, 11) is -3.38. The summed E-state index contributed by atoms with van der Waals surface area (Å²) in [6.45, 7) is 16.8. The number of hydrogen-bond donors (Lipinski definition) is 1. The van der Waals surface area contributed by atoms with Crippen LogP contribution in [0.1, 0.15) is 57.3 Å². The van der Waals surface area contributed by atoms with Crippen molar-refractivity contribution in [1.82, 2.24) is 33.7 Å².